The molecule has 3 heterocycles. The van der Waals surface area contributed by atoms with Crippen molar-refractivity contribution >= 4 is 5.91 Å². The van der Waals surface area contributed by atoms with E-state index in [4.69, 9.17) is 28.4 Å². The summed E-state index contributed by atoms with van der Waals surface area (Å²) in [6, 6.07) is -0.994. The minimum Gasteiger partial charge on any atom is -0.394 e. The van der Waals surface area contributed by atoms with Crippen LogP contribution in [0.4, 0.5) is 0 Å². The Morgan fingerprint density at radius 2 is 0.745 bits per heavy atom. The average molecular weight is 1330 g/mol. The number of ether oxygens (including phenoxy) is 6. The number of nitrogens with one attached hydrogen (secondary N) is 1. The molecule has 0 aromatic rings. The molecule has 19 heteroatoms. The van der Waals surface area contributed by atoms with Crippen molar-refractivity contribution in [2.75, 3.05) is 26.4 Å². The van der Waals surface area contributed by atoms with Crippen molar-refractivity contribution < 1.29 is 89.4 Å². The lowest BCUT2D eigenvalue weighted by atomic mass is 9.96. The number of carbonyl (C=O) groups excluding carboxylic acids is 1. The van der Waals surface area contributed by atoms with Gasteiger partial charge >= 0.3 is 0 Å². The van der Waals surface area contributed by atoms with E-state index in [-0.39, 0.29) is 18.9 Å². The van der Waals surface area contributed by atoms with Gasteiger partial charge in [-0.25, -0.2) is 0 Å². The van der Waals surface area contributed by atoms with Gasteiger partial charge in [0.2, 0.25) is 5.91 Å². The summed E-state index contributed by atoms with van der Waals surface area (Å²) < 4.78 is 34.3. The molecular weight excluding hydrogens is 1200 g/mol. The van der Waals surface area contributed by atoms with Crippen molar-refractivity contribution in [2.24, 2.45) is 0 Å². The molecule has 0 aromatic heterocycles. The Labute approximate surface area is 564 Å². The quantitative estimate of drug-likeness (QED) is 0.0199. The van der Waals surface area contributed by atoms with Gasteiger partial charge in [-0.05, 0) is 83.5 Å². The monoisotopic (exact) mass is 1330 g/mol. The number of aliphatic hydroxyl groups is 11. The molecule has 3 saturated heterocycles. The van der Waals surface area contributed by atoms with Gasteiger partial charge in [-0.1, -0.05) is 246 Å². The Bertz CT molecular complexity index is 2080. The number of unbranched alkanes of at least 4 members (excludes halogenated alkanes) is 25. The summed E-state index contributed by atoms with van der Waals surface area (Å²) in [5.41, 5.74) is 0. The highest BCUT2D eigenvalue weighted by molar-refractivity contribution is 5.76. The molecule has 12 N–H and O–H groups in total. The van der Waals surface area contributed by atoms with Crippen molar-refractivity contribution in [3.63, 3.8) is 0 Å². The van der Waals surface area contributed by atoms with E-state index < -0.39 is 124 Å². The highest BCUT2D eigenvalue weighted by atomic mass is 16.8. The first-order valence-electron chi connectivity index (χ1n) is 36.5. The Kier molecular flexibility index (Phi) is 50.2. The van der Waals surface area contributed by atoms with Crippen LogP contribution in [0.2, 0.25) is 0 Å². The van der Waals surface area contributed by atoms with Crippen molar-refractivity contribution in [2.45, 2.75) is 343 Å². The molecule has 17 unspecified atom stereocenters. The van der Waals surface area contributed by atoms with Crippen molar-refractivity contribution in [3.8, 4) is 0 Å². The smallest absolute Gasteiger partial charge is 0.220 e. The molecule has 19 nitrogen and oxygen atoms in total. The molecule has 0 bridgehead atoms. The van der Waals surface area contributed by atoms with Gasteiger partial charge in [-0.3, -0.25) is 4.79 Å². The van der Waals surface area contributed by atoms with E-state index in [1.807, 2.05) is 6.08 Å². The topological polar surface area (TPSA) is 307 Å². The third kappa shape index (κ3) is 36.5. The maximum atomic E-state index is 13.4. The normalized spacial score (nSPS) is 27.9. The number of hydrogen-bond acceptors (Lipinski definition) is 18. The summed E-state index contributed by atoms with van der Waals surface area (Å²) in [6.45, 7) is 1.58. The van der Waals surface area contributed by atoms with Crippen LogP contribution in [0.1, 0.15) is 239 Å². The second-order valence-corrected chi connectivity index (χ2v) is 25.7. The van der Waals surface area contributed by atoms with Crippen LogP contribution < -0.4 is 5.32 Å². The minimum atomic E-state index is -1.98. The molecular formula is C75H129NO18. The minimum absolute atomic E-state index is 0.231. The Morgan fingerprint density at radius 1 is 0.394 bits per heavy atom. The number of carbonyl (C=O) groups is 1. The van der Waals surface area contributed by atoms with E-state index in [1.54, 1.807) is 6.08 Å². The van der Waals surface area contributed by atoms with Crippen LogP contribution in [0, 0.1) is 0 Å². The zero-order valence-electron chi connectivity index (χ0n) is 57.4. The molecule has 0 spiro atoms. The highest BCUT2D eigenvalue weighted by Gasteiger charge is 2.53. The largest absolute Gasteiger partial charge is 0.394 e. The molecule has 3 rings (SSSR count). The highest BCUT2D eigenvalue weighted by Crippen LogP contribution is 2.33. The summed E-state index contributed by atoms with van der Waals surface area (Å²) in [7, 11) is 0. The first-order chi connectivity index (χ1) is 45.8. The van der Waals surface area contributed by atoms with Crippen LogP contribution in [0.5, 0.6) is 0 Å². The Morgan fingerprint density at radius 3 is 1.19 bits per heavy atom. The molecule has 0 aliphatic carbocycles. The number of amides is 1. The van der Waals surface area contributed by atoms with Gasteiger partial charge in [-0.15, -0.1) is 0 Å². The lowest BCUT2D eigenvalue weighted by Gasteiger charge is -2.48. The number of hydrogen-bond donors (Lipinski definition) is 12. The van der Waals surface area contributed by atoms with E-state index >= 15 is 0 Å². The third-order valence-electron chi connectivity index (χ3n) is 17.6. The van der Waals surface area contributed by atoms with Crippen molar-refractivity contribution in [3.05, 3.63) is 97.2 Å². The van der Waals surface area contributed by atoms with Gasteiger partial charge in [0.05, 0.1) is 38.6 Å². The van der Waals surface area contributed by atoms with E-state index in [0.29, 0.717) is 12.8 Å². The summed E-state index contributed by atoms with van der Waals surface area (Å²) in [4.78, 5) is 13.4. The third-order valence-corrected chi connectivity index (χ3v) is 17.6. The standard InChI is InChI=1S/C75H129NO18/c1-3-5-7-9-11-13-15-17-19-20-21-22-23-24-25-26-27-28-29-30-31-32-33-34-35-36-37-38-39-41-43-45-47-49-51-53-63(81)76-58(59(80)52-50-48-46-44-42-40-18-16-14-12-10-8-6-4-2)57-89-73-69(87)66(84)71(61(55-78)91-73)94-75-70(88)67(85)72(62(56-79)92-75)93-74-68(86)65(83)64(82)60(54-77)90-74/h5,7,11,13,17,19,21-22,24-25,27-28,42,44,50,52,58-62,64-75,77-80,82-88H,3-4,6,8-10,12,14-16,18,20,23,26,29-41,43,45-49,51,53-57H2,1-2H3,(H,76,81)/b7-5-,13-11-,19-17-,22-21-,25-24-,28-27-,44-42+,52-50+. The summed E-state index contributed by atoms with van der Waals surface area (Å²) >= 11 is 0. The second-order valence-electron chi connectivity index (χ2n) is 25.7. The van der Waals surface area contributed by atoms with Gasteiger partial charge < -0.3 is 89.9 Å². The van der Waals surface area contributed by atoms with E-state index in [1.165, 1.54) is 128 Å². The van der Waals surface area contributed by atoms with Gasteiger partial charge in [0.25, 0.3) is 0 Å². The van der Waals surface area contributed by atoms with Crippen LogP contribution in [-0.4, -0.2) is 193 Å². The van der Waals surface area contributed by atoms with Crippen molar-refractivity contribution in [1.82, 2.24) is 5.32 Å². The van der Waals surface area contributed by atoms with E-state index in [9.17, 15) is 61.0 Å². The zero-order valence-corrected chi connectivity index (χ0v) is 57.4. The fourth-order valence-electron chi connectivity index (χ4n) is 11.7. The summed E-state index contributed by atoms with van der Waals surface area (Å²) in [5.74, 6) is -0.288. The fourth-order valence-corrected chi connectivity index (χ4v) is 11.7. The number of aliphatic hydroxyl groups excluding tert-OH is 11. The molecule has 94 heavy (non-hydrogen) atoms. The molecule has 0 radical (unpaired) electrons. The molecule has 542 valence electrons. The second kappa shape index (κ2) is 55.6. The van der Waals surface area contributed by atoms with Gasteiger partial charge in [0.1, 0.15) is 73.2 Å². The molecule has 1 amide bonds. The molecule has 3 aliphatic heterocycles. The molecule has 0 aromatic carbocycles. The maximum Gasteiger partial charge on any atom is 0.220 e. The van der Waals surface area contributed by atoms with Crippen LogP contribution in [0.3, 0.4) is 0 Å². The summed E-state index contributed by atoms with van der Waals surface area (Å²) in [6.07, 6.45) is 46.9. The van der Waals surface area contributed by atoms with E-state index in [0.717, 1.165) is 77.0 Å². The maximum absolute atomic E-state index is 13.4. The number of allylic oxidation sites excluding steroid dienone is 15. The Balaban J connectivity index is 1.35. The molecule has 3 fully saturated rings. The zero-order chi connectivity index (χ0) is 68.2. The van der Waals surface area contributed by atoms with Crippen molar-refractivity contribution in [1.29, 1.82) is 0 Å². The molecule has 3 aliphatic rings. The predicted octanol–water partition coefficient (Wildman–Crippen LogP) is 10.4. The van der Waals surface area contributed by atoms with Crippen LogP contribution in [0.25, 0.3) is 0 Å². The molecule has 17 atom stereocenters. The number of rotatable bonds is 55. The molecule has 0 saturated carbocycles. The fraction of sp³-hybridized carbons (Fsp3) is 0.773. The predicted molar refractivity (Wildman–Crippen MR) is 369 cm³/mol. The van der Waals surface area contributed by atoms with Crippen LogP contribution in [-0.2, 0) is 33.2 Å². The lowest BCUT2D eigenvalue weighted by molar-refractivity contribution is -0.379. The van der Waals surface area contributed by atoms with Crippen LogP contribution in [0.15, 0.2) is 97.2 Å². The first kappa shape index (κ1) is 84.9. The average Bonchev–Trinajstić information content (AvgIpc) is 0.792. The SMILES string of the molecule is CC/C=C\C/C=C\C/C=C\C/C=C\C/C=C\C/C=C\CCCCCCCCCCCCCCCCCCC(=O)NC(COC1OC(CO)C(OC2OC(CO)C(OC3OC(CO)C(O)C(O)C3O)C(O)C2O)C(O)C1O)C(O)/C=C/CC/C=C/CCCCCCCCCC. The van der Waals surface area contributed by atoms with Gasteiger partial charge in [-0.2, -0.15) is 0 Å². The van der Waals surface area contributed by atoms with Gasteiger partial charge in [0.15, 0.2) is 18.9 Å². The first-order valence-corrected chi connectivity index (χ1v) is 36.5. The van der Waals surface area contributed by atoms with Gasteiger partial charge in [0, 0.05) is 6.42 Å². The Hall–Kier alpha value is -3.29. The summed E-state index contributed by atoms with van der Waals surface area (Å²) in [5, 5.41) is 120. The van der Waals surface area contributed by atoms with Crippen LogP contribution >= 0.6 is 0 Å². The lowest BCUT2D eigenvalue weighted by Crippen LogP contribution is -2.66. The van der Waals surface area contributed by atoms with E-state index in [2.05, 4.69) is 104 Å².